The minimum atomic E-state index is -0.623. The van der Waals surface area contributed by atoms with Crippen LogP contribution < -0.4 is 4.74 Å². The summed E-state index contributed by atoms with van der Waals surface area (Å²) in [6.07, 6.45) is 1.51. The van der Waals surface area contributed by atoms with Gasteiger partial charge < -0.3 is 4.74 Å². The first-order valence-electron chi connectivity index (χ1n) is 4.29. The maximum Gasteiger partial charge on any atom is 0.219 e. The number of halogens is 2. The summed E-state index contributed by atoms with van der Waals surface area (Å²) in [6, 6.07) is 7.97. The molecule has 2 rings (SSSR count). The number of nitrogens with zero attached hydrogens (tertiary/aromatic N) is 1. The lowest BCUT2D eigenvalue weighted by Crippen LogP contribution is -1.91. The van der Waals surface area contributed by atoms with Crippen molar-refractivity contribution in [3.05, 3.63) is 54.2 Å². The Kier molecular flexibility index (Phi) is 2.58. The van der Waals surface area contributed by atoms with Gasteiger partial charge in [0.25, 0.3) is 0 Å². The van der Waals surface area contributed by atoms with Crippen molar-refractivity contribution in [2.75, 3.05) is 0 Å². The monoisotopic (exact) mass is 207 g/mol. The van der Waals surface area contributed by atoms with Crippen molar-refractivity contribution in [2.24, 2.45) is 0 Å². The predicted molar refractivity (Wildman–Crippen MR) is 50.7 cm³/mol. The van der Waals surface area contributed by atoms with Gasteiger partial charge in [0.1, 0.15) is 5.82 Å². The standard InChI is InChI=1S/C11H7F2NO/c12-8-4-5-9(13)10(7-8)15-11-3-1-2-6-14-11/h1-7H. The number of benzene rings is 1. The molecular formula is C11H7F2NO. The molecule has 0 saturated heterocycles. The molecule has 0 spiro atoms. The first-order chi connectivity index (χ1) is 7.25. The van der Waals surface area contributed by atoms with Gasteiger partial charge in [-0.2, -0.15) is 0 Å². The van der Waals surface area contributed by atoms with Crippen LogP contribution in [-0.2, 0) is 0 Å². The SMILES string of the molecule is Fc1ccc(F)c(Oc2ccccn2)c1. The zero-order chi connectivity index (χ0) is 10.7. The molecule has 0 aliphatic rings. The van der Waals surface area contributed by atoms with E-state index in [0.29, 0.717) is 0 Å². The van der Waals surface area contributed by atoms with E-state index >= 15 is 0 Å². The Morgan fingerprint density at radius 2 is 1.93 bits per heavy atom. The van der Waals surface area contributed by atoms with E-state index in [1.165, 1.54) is 6.20 Å². The number of aromatic nitrogens is 1. The van der Waals surface area contributed by atoms with Crippen LogP contribution in [0.15, 0.2) is 42.6 Å². The van der Waals surface area contributed by atoms with Gasteiger partial charge >= 0.3 is 0 Å². The zero-order valence-corrected chi connectivity index (χ0v) is 7.65. The van der Waals surface area contributed by atoms with Crippen LogP contribution in [0.2, 0.25) is 0 Å². The van der Waals surface area contributed by atoms with Crippen LogP contribution in [0.3, 0.4) is 0 Å². The fourth-order valence-corrected chi connectivity index (χ4v) is 1.08. The summed E-state index contributed by atoms with van der Waals surface area (Å²) < 4.78 is 31.0. The van der Waals surface area contributed by atoms with E-state index in [1.54, 1.807) is 18.2 Å². The second kappa shape index (κ2) is 4.04. The van der Waals surface area contributed by atoms with Crippen LogP contribution >= 0.6 is 0 Å². The number of rotatable bonds is 2. The summed E-state index contributed by atoms with van der Waals surface area (Å²) in [5.41, 5.74) is 0. The van der Waals surface area contributed by atoms with Crippen molar-refractivity contribution < 1.29 is 13.5 Å². The third-order valence-corrected chi connectivity index (χ3v) is 1.75. The third kappa shape index (κ3) is 2.28. The lowest BCUT2D eigenvalue weighted by molar-refractivity contribution is 0.422. The van der Waals surface area contributed by atoms with Gasteiger partial charge in [0, 0.05) is 18.3 Å². The molecule has 0 aliphatic carbocycles. The molecule has 0 radical (unpaired) electrons. The summed E-state index contributed by atoms with van der Waals surface area (Å²) >= 11 is 0. The van der Waals surface area contributed by atoms with Gasteiger partial charge in [-0.1, -0.05) is 6.07 Å². The molecule has 0 atom stereocenters. The van der Waals surface area contributed by atoms with Crippen LogP contribution in [-0.4, -0.2) is 4.98 Å². The van der Waals surface area contributed by atoms with Crippen LogP contribution in [0, 0.1) is 11.6 Å². The Hall–Kier alpha value is -1.97. The maximum atomic E-state index is 13.1. The minimum Gasteiger partial charge on any atom is -0.436 e. The predicted octanol–water partition coefficient (Wildman–Crippen LogP) is 3.15. The molecule has 0 N–H and O–H groups in total. The zero-order valence-electron chi connectivity index (χ0n) is 7.65. The van der Waals surface area contributed by atoms with Gasteiger partial charge in [0.2, 0.25) is 5.88 Å². The lowest BCUT2D eigenvalue weighted by atomic mass is 10.3. The molecule has 1 aromatic carbocycles. The number of ether oxygens (including phenoxy) is 1. The summed E-state index contributed by atoms with van der Waals surface area (Å²) in [7, 11) is 0. The van der Waals surface area contributed by atoms with Gasteiger partial charge in [0.05, 0.1) is 0 Å². The van der Waals surface area contributed by atoms with Crippen molar-refractivity contribution in [1.82, 2.24) is 4.98 Å². The topological polar surface area (TPSA) is 22.1 Å². The highest BCUT2D eigenvalue weighted by Crippen LogP contribution is 2.23. The van der Waals surface area contributed by atoms with E-state index in [1.807, 2.05) is 0 Å². The molecule has 2 nitrogen and oxygen atoms in total. The number of pyridine rings is 1. The largest absolute Gasteiger partial charge is 0.436 e. The van der Waals surface area contributed by atoms with Crippen LogP contribution in [0.1, 0.15) is 0 Å². The van der Waals surface area contributed by atoms with E-state index in [-0.39, 0.29) is 11.6 Å². The quantitative estimate of drug-likeness (QED) is 0.754. The molecular weight excluding hydrogens is 200 g/mol. The van der Waals surface area contributed by atoms with Gasteiger partial charge in [-0.25, -0.2) is 13.8 Å². The molecule has 1 aromatic heterocycles. The fraction of sp³-hybridized carbons (Fsp3) is 0. The van der Waals surface area contributed by atoms with Crippen molar-refractivity contribution in [2.45, 2.75) is 0 Å². The average Bonchev–Trinajstić information content (AvgIpc) is 2.25. The fourth-order valence-electron chi connectivity index (χ4n) is 1.08. The van der Waals surface area contributed by atoms with E-state index in [4.69, 9.17) is 4.74 Å². The molecule has 0 fully saturated rings. The van der Waals surface area contributed by atoms with Crippen LogP contribution in [0.25, 0.3) is 0 Å². The highest BCUT2D eigenvalue weighted by Gasteiger charge is 2.06. The van der Waals surface area contributed by atoms with Gasteiger partial charge in [-0.05, 0) is 18.2 Å². The Morgan fingerprint density at radius 3 is 2.67 bits per heavy atom. The summed E-state index contributed by atoms with van der Waals surface area (Å²) in [5, 5.41) is 0. The van der Waals surface area contributed by atoms with Crippen molar-refractivity contribution in [1.29, 1.82) is 0 Å². The molecule has 1 heterocycles. The van der Waals surface area contributed by atoms with Crippen LogP contribution in [0.4, 0.5) is 8.78 Å². The normalized spacial score (nSPS) is 10.0. The Morgan fingerprint density at radius 1 is 1.07 bits per heavy atom. The molecule has 0 saturated carbocycles. The second-order valence-corrected chi connectivity index (χ2v) is 2.84. The minimum absolute atomic E-state index is 0.172. The highest BCUT2D eigenvalue weighted by molar-refractivity contribution is 5.28. The van der Waals surface area contributed by atoms with E-state index < -0.39 is 11.6 Å². The van der Waals surface area contributed by atoms with E-state index in [9.17, 15) is 8.78 Å². The first-order valence-corrected chi connectivity index (χ1v) is 4.29. The molecule has 0 aliphatic heterocycles. The third-order valence-electron chi connectivity index (χ3n) is 1.75. The van der Waals surface area contributed by atoms with Gasteiger partial charge in [-0.3, -0.25) is 0 Å². The van der Waals surface area contributed by atoms with Crippen molar-refractivity contribution >= 4 is 0 Å². The van der Waals surface area contributed by atoms with Crippen molar-refractivity contribution in [3.63, 3.8) is 0 Å². The lowest BCUT2D eigenvalue weighted by Gasteiger charge is -2.04. The second-order valence-electron chi connectivity index (χ2n) is 2.84. The molecule has 76 valence electrons. The molecule has 4 heteroatoms. The number of hydrogen-bond donors (Lipinski definition) is 0. The molecule has 15 heavy (non-hydrogen) atoms. The van der Waals surface area contributed by atoms with Gasteiger partial charge in [-0.15, -0.1) is 0 Å². The van der Waals surface area contributed by atoms with E-state index in [2.05, 4.69) is 4.98 Å². The molecule has 0 unspecified atom stereocenters. The van der Waals surface area contributed by atoms with Crippen molar-refractivity contribution in [3.8, 4) is 11.6 Å². The molecule has 0 bridgehead atoms. The average molecular weight is 207 g/mol. The van der Waals surface area contributed by atoms with Crippen LogP contribution in [0.5, 0.6) is 11.6 Å². The summed E-state index contributed by atoms with van der Waals surface area (Å²) in [6.45, 7) is 0. The molecule has 0 amide bonds. The maximum absolute atomic E-state index is 13.1. The molecule has 2 aromatic rings. The van der Waals surface area contributed by atoms with Gasteiger partial charge in [0.15, 0.2) is 11.6 Å². The summed E-state index contributed by atoms with van der Waals surface area (Å²) in [5.74, 6) is -1.12. The summed E-state index contributed by atoms with van der Waals surface area (Å²) in [4.78, 5) is 3.83. The Bertz CT molecular complexity index is 459. The number of hydrogen-bond acceptors (Lipinski definition) is 2. The smallest absolute Gasteiger partial charge is 0.219 e. The Balaban J connectivity index is 2.28. The van der Waals surface area contributed by atoms with E-state index in [0.717, 1.165) is 18.2 Å². The Labute approximate surface area is 85.2 Å². The highest BCUT2D eigenvalue weighted by atomic mass is 19.1. The first kappa shape index (κ1) is 9.58.